The monoisotopic (exact) mass is 298 g/mol. The summed E-state index contributed by atoms with van der Waals surface area (Å²) in [7, 11) is 1.28. The Labute approximate surface area is 123 Å². The van der Waals surface area contributed by atoms with Crippen LogP contribution in [0.2, 0.25) is 0 Å². The molecule has 0 aromatic carbocycles. The van der Waals surface area contributed by atoms with E-state index in [1.54, 1.807) is 19.9 Å². The number of aliphatic hydroxyl groups is 2. The minimum atomic E-state index is -1.21. The van der Waals surface area contributed by atoms with Gasteiger partial charge < -0.3 is 20.1 Å². The van der Waals surface area contributed by atoms with Gasteiger partial charge in [-0.25, -0.2) is 0 Å². The zero-order chi connectivity index (χ0) is 16.2. The molecule has 0 bridgehead atoms. The third-order valence-electron chi connectivity index (χ3n) is 3.91. The van der Waals surface area contributed by atoms with Gasteiger partial charge in [-0.1, -0.05) is 18.6 Å². The topological polar surface area (TPSA) is 104 Å². The van der Waals surface area contributed by atoms with E-state index in [-0.39, 0.29) is 23.9 Å². The number of carbonyl (C=O) groups is 2. The van der Waals surface area contributed by atoms with Crippen molar-refractivity contribution >= 4 is 11.8 Å². The van der Waals surface area contributed by atoms with E-state index >= 15 is 0 Å². The highest BCUT2D eigenvalue weighted by atomic mass is 16.5. The Morgan fingerprint density at radius 1 is 1.43 bits per heavy atom. The number of hydrogen-bond donors (Lipinski definition) is 3. The van der Waals surface area contributed by atoms with Crippen LogP contribution in [0, 0.1) is 11.8 Å². The van der Waals surface area contributed by atoms with Crippen LogP contribution < -0.4 is 0 Å². The Hall–Kier alpha value is -1.82. The molecule has 0 saturated carbocycles. The molecule has 6 heteroatoms. The fraction of sp³-hybridized carbons (Fsp3) is 0.600. The Balaban J connectivity index is 2.76. The van der Waals surface area contributed by atoms with E-state index in [0.717, 1.165) is 5.57 Å². The maximum Gasteiger partial charge on any atom is 0.307 e. The summed E-state index contributed by atoms with van der Waals surface area (Å²) in [6.07, 6.45) is 1.39. The largest absolute Gasteiger partial charge is 0.508 e. The van der Waals surface area contributed by atoms with Crippen molar-refractivity contribution in [3.8, 4) is 0 Å². The van der Waals surface area contributed by atoms with Gasteiger partial charge in [0, 0.05) is 11.8 Å². The fourth-order valence-corrected chi connectivity index (χ4v) is 2.51. The highest BCUT2D eigenvalue weighted by Gasteiger charge is 2.41. The van der Waals surface area contributed by atoms with Crippen molar-refractivity contribution in [1.29, 1.82) is 0 Å². The summed E-state index contributed by atoms with van der Waals surface area (Å²) in [6.45, 7) is 3.53. The summed E-state index contributed by atoms with van der Waals surface area (Å²) in [5, 5.41) is 28.6. The van der Waals surface area contributed by atoms with E-state index in [1.165, 1.54) is 7.11 Å². The third kappa shape index (κ3) is 4.07. The smallest absolute Gasteiger partial charge is 0.307 e. The van der Waals surface area contributed by atoms with Gasteiger partial charge in [0.2, 0.25) is 11.5 Å². The van der Waals surface area contributed by atoms with Crippen molar-refractivity contribution in [2.45, 2.75) is 39.2 Å². The molecular weight excluding hydrogens is 276 g/mol. The Morgan fingerprint density at radius 2 is 2.05 bits per heavy atom. The molecule has 3 atom stereocenters. The van der Waals surface area contributed by atoms with Crippen LogP contribution in [0.15, 0.2) is 23.2 Å². The van der Waals surface area contributed by atoms with Gasteiger partial charge >= 0.3 is 5.97 Å². The maximum atomic E-state index is 11.9. The Morgan fingerprint density at radius 3 is 2.57 bits per heavy atom. The molecule has 0 aromatic rings. The van der Waals surface area contributed by atoms with Crippen LogP contribution in [0.5, 0.6) is 0 Å². The number of hydrogen-bond acceptors (Lipinski definition) is 5. The van der Waals surface area contributed by atoms with Crippen LogP contribution in [0.25, 0.3) is 0 Å². The molecule has 0 spiro atoms. The second-order valence-corrected chi connectivity index (χ2v) is 5.37. The molecule has 0 unspecified atom stereocenters. The summed E-state index contributed by atoms with van der Waals surface area (Å²) in [6, 6.07) is 0. The molecule has 21 heavy (non-hydrogen) atoms. The van der Waals surface area contributed by atoms with Crippen LogP contribution in [0.4, 0.5) is 0 Å². The van der Waals surface area contributed by atoms with Crippen molar-refractivity contribution in [1.82, 2.24) is 0 Å². The maximum absolute atomic E-state index is 11.9. The molecule has 0 aromatic heterocycles. The molecule has 1 rings (SSSR count). The van der Waals surface area contributed by atoms with Gasteiger partial charge in [-0.2, -0.15) is 0 Å². The number of Topliss-reactive ketones (excluding diaryl/α,β-unsaturated/α-hetero) is 1. The minimum Gasteiger partial charge on any atom is -0.508 e. The summed E-state index contributed by atoms with van der Waals surface area (Å²) < 4.78 is 4.84. The standard InChI is InChI=1S/C15H22O6/c1-8(5-7-11(16)17)4-6-10-9(2)12(18)15(21-3)14(20)13(10)19/h5,9-10,13,18-19H,4,6-7H2,1-3H3,(H,16,17)/b8-5+/t9-,10-,13-/m1/s1. The van der Waals surface area contributed by atoms with E-state index in [9.17, 15) is 19.8 Å². The first kappa shape index (κ1) is 17.2. The Kier molecular flexibility index (Phi) is 5.96. The van der Waals surface area contributed by atoms with E-state index in [2.05, 4.69) is 0 Å². The lowest BCUT2D eigenvalue weighted by Crippen LogP contribution is -2.41. The van der Waals surface area contributed by atoms with Crippen LogP contribution in [0.3, 0.4) is 0 Å². The van der Waals surface area contributed by atoms with Crippen molar-refractivity contribution in [2.24, 2.45) is 11.8 Å². The lowest BCUT2D eigenvalue weighted by atomic mass is 9.77. The first-order chi connectivity index (χ1) is 9.79. The number of carbonyl (C=O) groups excluding carboxylic acids is 1. The van der Waals surface area contributed by atoms with Gasteiger partial charge in [-0.05, 0) is 19.8 Å². The van der Waals surface area contributed by atoms with Crippen molar-refractivity contribution in [3.63, 3.8) is 0 Å². The summed E-state index contributed by atoms with van der Waals surface area (Å²) in [4.78, 5) is 22.4. The van der Waals surface area contributed by atoms with Gasteiger partial charge in [-0.3, -0.25) is 9.59 Å². The lowest BCUT2D eigenvalue weighted by molar-refractivity contribution is -0.136. The van der Waals surface area contributed by atoms with Gasteiger partial charge in [0.25, 0.3) is 0 Å². The summed E-state index contributed by atoms with van der Waals surface area (Å²) in [5.41, 5.74) is 0.880. The number of carboxylic acid groups (broad SMARTS) is 1. The SMILES string of the molecule is COC1=C(O)[C@H](C)[C@@H](CC/C(C)=C/CC(=O)O)[C@@H](O)C1=O. The van der Waals surface area contributed by atoms with Crippen molar-refractivity contribution in [3.05, 3.63) is 23.2 Å². The van der Waals surface area contributed by atoms with Crippen LogP contribution in [-0.4, -0.2) is 40.3 Å². The number of carboxylic acids is 1. The molecule has 6 nitrogen and oxygen atoms in total. The second-order valence-electron chi connectivity index (χ2n) is 5.37. The molecule has 0 aliphatic heterocycles. The number of aliphatic carboxylic acids is 1. The molecule has 3 N–H and O–H groups in total. The fourth-order valence-electron chi connectivity index (χ4n) is 2.51. The molecular formula is C15H22O6. The predicted molar refractivity (Wildman–Crippen MR) is 75.6 cm³/mol. The van der Waals surface area contributed by atoms with E-state index in [4.69, 9.17) is 9.84 Å². The molecule has 1 aliphatic rings. The molecule has 0 saturated heterocycles. The van der Waals surface area contributed by atoms with Crippen molar-refractivity contribution < 1.29 is 29.6 Å². The number of ether oxygens (including phenoxy) is 1. The summed E-state index contributed by atoms with van der Waals surface area (Å²) >= 11 is 0. The number of methoxy groups -OCH3 is 1. The average Bonchev–Trinajstić information content (AvgIpc) is 2.43. The zero-order valence-corrected chi connectivity index (χ0v) is 12.5. The lowest BCUT2D eigenvalue weighted by Gasteiger charge is -2.32. The molecule has 0 heterocycles. The van der Waals surface area contributed by atoms with Crippen LogP contribution in [0.1, 0.15) is 33.1 Å². The highest BCUT2D eigenvalue weighted by Crippen LogP contribution is 2.35. The predicted octanol–water partition coefficient (Wildman–Crippen LogP) is 1.80. The number of allylic oxidation sites excluding steroid dienone is 2. The van der Waals surface area contributed by atoms with E-state index in [0.29, 0.717) is 12.8 Å². The van der Waals surface area contributed by atoms with Gasteiger partial charge in [0.15, 0.2) is 0 Å². The Bertz CT molecular complexity index is 477. The molecule has 0 amide bonds. The summed E-state index contributed by atoms with van der Waals surface area (Å²) in [5.74, 6) is -2.62. The van der Waals surface area contributed by atoms with Gasteiger partial charge in [0.05, 0.1) is 13.5 Å². The van der Waals surface area contributed by atoms with Gasteiger partial charge in [0.1, 0.15) is 11.9 Å². The molecule has 118 valence electrons. The molecule has 0 radical (unpaired) electrons. The number of rotatable bonds is 6. The molecule has 1 aliphatic carbocycles. The average molecular weight is 298 g/mol. The first-order valence-electron chi connectivity index (χ1n) is 6.86. The van der Waals surface area contributed by atoms with Crippen LogP contribution in [-0.2, 0) is 14.3 Å². The zero-order valence-electron chi connectivity index (χ0n) is 12.5. The third-order valence-corrected chi connectivity index (χ3v) is 3.91. The number of ketones is 1. The quantitative estimate of drug-likeness (QED) is 0.646. The number of aliphatic hydroxyl groups excluding tert-OH is 2. The normalized spacial score (nSPS) is 27.0. The molecule has 0 fully saturated rings. The second kappa shape index (κ2) is 7.26. The highest BCUT2D eigenvalue weighted by molar-refractivity contribution is 5.98. The van der Waals surface area contributed by atoms with Gasteiger partial charge in [-0.15, -0.1) is 0 Å². The minimum absolute atomic E-state index is 0.0491. The van der Waals surface area contributed by atoms with Crippen molar-refractivity contribution in [2.75, 3.05) is 7.11 Å². The first-order valence-corrected chi connectivity index (χ1v) is 6.86. The van der Waals surface area contributed by atoms with E-state index < -0.39 is 23.8 Å². The van der Waals surface area contributed by atoms with E-state index in [1.807, 2.05) is 0 Å². The van der Waals surface area contributed by atoms with Crippen LogP contribution >= 0.6 is 0 Å².